The highest BCUT2D eigenvalue weighted by atomic mass is 32.2. The zero-order chi connectivity index (χ0) is 22.7. The van der Waals surface area contributed by atoms with Gasteiger partial charge in [0.2, 0.25) is 6.79 Å². The molecule has 2 amide bonds. The smallest absolute Gasteiger partial charge is 0.266 e. The molecule has 0 aromatic heterocycles. The molecule has 1 saturated heterocycles. The number of hydrogen-bond acceptors (Lipinski definition) is 8. The SMILES string of the molecule is COc1ccc(C(=O)NCCN2C(=O)/C(=C\c3ccc4c(c3)OCO4)SC2=S)c(OC)c1. The van der Waals surface area contributed by atoms with Crippen LogP contribution >= 0.6 is 24.0 Å². The summed E-state index contributed by atoms with van der Waals surface area (Å²) in [5, 5.41) is 2.80. The van der Waals surface area contributed by atoms with Crippen molar-refractivity contribution in [2.45, 2.75) is 0 Å². The van der Waals surface area contributed by atoms with Gasteiger partial charge in [-0.1, -0.05) is 30.0 Å². The van der Waals surface area contributed by atoms with E-state index in [1.54, 1.807) is 30.3 Å². The average Bonchev–Trinajstić information content (AvgIpc) is 3.37. The van der Waals surface area contributed by atoms with E-state index in [9.17, 15) is 9.59 Å². The Kier molecular flexibility index (Phi) is 6.52. The molecule has 0 spiro atoms. The summed E-state index contributed by atoms with van der Waals surface area (Å²) in [6.07, 6.45) is 1.77. The minimum absolute atomic E-state index is 0.190. The van der Waals surface area contributed by atoms with Crippen molar-refractivity contribution in [1.82, 2.24) is 10.2 Å². The van der Waals surface area contributed by atoms with Gasteiger partial charge in [-0.3, -0.25) is 14.5 Å². The molecule has 2 aliphatic rings. The van der Waals surface area contributed by atoms with Crippen molar-refractivity contribution in [3.8, 4) is 23.0 Å². The Labute approximate surface area is 194 Å². The fraction of sp³-hybridized carbons (Fsp3) is 0.227. The van der Waals surface area contributed by atoms with Gasteiger partial charge in [-0.2, -0.15) is 0 Å². The number of benzene rings is 2. The van der Waals surface area contributed by atoms with E-state index in [0.717, 1.165) is 5.56 Å². The highest BCUT2D eigenvalue weighted by molar-refractivity contribution is 8.26. The number of thiocarbonyl (C=S) groups is 1. The summed E-state index contributed by atoms with van der Waals surface area (Å²) in [6.45, 7) is 0.681. The van der Waals surface area contributed by atoms with Crippen molar-refractivity contribution in [2.75, 3.05) is 34.1 Å². The van der Waals surface area contributed by atoms with Gasteiger partial charge in [0.25, 0.3) is 11.8 Å². The first-order valence-corrected chi connectivity index (χ1v) is 10.9. The molecule has 0 bridgehead atoms. The Balaban J connectivity index is 1.37. The number of nitrogens with one attached hydrogen (secondary N) is 1. The molecule has 8 nitrogen and oxygen atoms in total. The number of rotatable bonds is 7. The molecular formula is C22H20N2O6S2. The Morgan fingerprint density at radius 3 is 2.78 bits per heavy atom. The second-order valence-electron chi connectivity index (χ2n) is 6.77. The van der Waals surface area contributed by atoms with E-state index in [1.165, 1.54) is 30.9 Å². The quantitative estimate of drug-likeness (QED) is 0.486. The van der Waals surface area contributed by atoms with Crippen LogP contribution in [0.5, 0.6) is 23.0 Å². The van der Waals surface area contributed by atoms with Crippen molar-refractivity contribution in [1.29, 1.82) is 0 Å². The molecule has 166 valence electrons. The molecule has 0 aliphatic carbocycles. The fourth-order valence-electron chi connectivity index (χ4n) is 3.21. The molecule has 32 heavy (non-hydrogen) atoms. The molecule has 2 aliphatic heterocycles. The Morgan fingerprint density at radius 1 is 1.19 bits per heavy atom. The minimum Gasteiger partial charge on any atom is -0.497 e. The number of fused-ring (bicyclic) bond motifs is 1. The van der Waals surface area contributed by atoms with E-state index in [1.807, 2.05) is 12.1 Å². The molecule has 2 aromatic rings. The Bertz CT molecular complexity index is 1120. The predicted octanol–water partition coefficient (Wildman–Crippen LogP) is 3.06. The van der Waals surface area contributed by atoms with E-state index in [2.05, 4.69) is 5.32 Å². The van der Waals surface area contributed by atoms with Crippen LogP contribution in [0.1, 0.15) is 15.9 Å². The summed E-state index contributed by atoms with van der Waals surface area (Å²) >= 11 is 6.59. The first-order chi connectivity index (χ1) is 15.5. The maximum atomic E-state index is 12.8. The van der Waals surface area contributed by atoms with E-state index >= 15 is 0 Å². The van der Waals surface area contributed by atoms with Crippen LogP contribution in [0.4, 0.5) is 0 Å². The third-order valence-corrected chi connectivity index (χ3v) is 6.22. The number of amides is 2. The van der Waals surface area contributed by atoms with Gasteiger partial charge in [-0.15, -0.1) is 0 Å². The highest BCUT2D eigenvalue weighted by Crippen LogP contribution is 2.36. The molecule has 2 heterocycles. The van der Waals surface area contributed by atoms with Gasteiger partial charge in [0.05, 0.1) is 24.7 Å². The zero-order valence-corrected chi connectivity index (χ0v) is 19.0. The number of nitrogens with zero attached hydrogens (tertiary/aromatic N) is 1. The van der Waals surface area contributed by atoms with Crippen LogP contribution in [0.15, 0.2) is 41.3 Å². The molecule has 4 rings (SSSR count). The zero-order valence-electron chi connectivity index (χ0n) is 17.4. The van der Waals surface area contributed by atoms with E-state index < -0.39 is 0 Å². The lowest BCUT2D eigenvalue weighted by Crippen LogP contribution is -2.37. The fourth-order valence-corrected chi connectivity index (χ4v) is 4.52. The van der Waals surface area contributed by atoms with Gasteiger partial charge in [0.1, 0.15) is 15.8 Å². The van der Waals surface area contributed by atoms with Gasteiger partial charge in [0, 0.05) is 19.2 Å². The van der Waals surface area contributed by atoms with Crippen LogP contribution in [-0.2, 0) is 4.79 Å². The first kappa shape index (κ1) is 22.0. The van der Waals surface area contributed by atoms with Crippen LogP contribution in [0.3, 0.4) is 0 Å². The average molecular weight is 473 g/mol. The largest absolute Gasteiger partial charge is 0.497 e. The lowest BCUT2D eigenvalue weighted by atomic mass is 10.1. The van der Waals surface area contributed by atoms with Gasteiger partial charge < -0.3 is 24.3 Å². The molecule has 0 atom stereocenters. The number of carbonyl (C=O) groups excluding carboxylic acids is 2. The normalized spacial score (nSPS) is 15.9. The standard InChI is InChI=1S/C22H20N2O6S2/c1-27-14-4-5-15(17(11-14)28-2)20(25)23-7-8-24-21(26)19(32-22(24)31)10-13-3-6-16-18(9-13)30-12-29-16/h3-6,9-11H,7-8,12H2,1-2H3,(H,23,25)/b19-10+. The molecule has 0 saturated carbocycles. The number of ether oxygens (including phenoxy) is 4. The summed E-state index contributed by atoms with van der Waals surface area (Å²) in [5.74, 6) is 1.80. The Morgan fingerprint density at radius 2 is 2.00 bits per heavy atom. The van der Waals surface area contributed by atoms with Crippen molar-refractivity contribution in [2.24, 2.45) is 0 Å². The van der Waals surface area contributed by atoms with E-state index in [-0.39, 0.29) is 31.7 Å². The first-order valence-electron chi connectivity index (χ1n) is 9.65. The minimum atomic E-state index is -0.314. The highest BCUT2D eigenvalue weighted by Gasteiger charge is 2.32. The summed E-state index contributed by atoms with van der Waals surface area (Å²) in [4.78, 5) is 27.4. The van der Waals surface area contributed by atoms with Gasteiger partial charge >= 0.3 is 0 Å². The number of hydrogen-bond donors (Lipinski definition) is 1. The van der Waals surface area contributed by atoms with Crippen molar-refractivity contribution in [3.63, 3.8) is 0 Å². The van der Waals surface area contributed by atoms with Crippen LogP contribution in [0.25, 0.3) is 6.08 Å². The molecule has 0 radical (unpaired) electrons. The van der Waals surface area contributed by atoms with Crippen molar-refractivity contribution in [3.05, 3.63) is 52.4 Å². The Hall–Kier alpha value is -3.24. The number of methoxy groups -OCH3 is 2. The molecular weight excluding hydrogens is 452 g/mol. The number of thioether (sulfide) groups is 1. The summed E-state index contributed by atoms with van der Waals surface area (Å²) in [7, 11) is 3.02. The molecule has 1 N–H and O–H groups in total. The summed E-state index contributed by atoms with van der Waals surface area (Å²) in [5.41, 5.74) is 1.19. The maximum absolute atomic E-state index is 12.8. The molecule has 0 unspecified atom stereocenters. The van der Waals surface area contributed by atoms with Crippen molar-refractivity contribution < 1.29 is 28.5 Å². The molecule has 10 heteroatoms. The van der Waals surface area contributed by atoms with Crippen molar-refractivity contribution >= 4 is 46.2 Å². The summed E-state index contributed by atoms with van der Waals surface area (Å²) in [6, 6.07) is 10.4. The van der Waals surface area contributed by atoms with Crippen LogP contribution in [-0.4, -0.2) is 55.1 Å². The lowest BCUT2D eigenvalue weighted by Gasteiger charge is -2.15. The number of carbonyl (C=O) groups is 2. The predicted molar refractivity (Wildman–Crippen MR) is 124 cm³/mol. The third-order valence-electron chi connectivity index (χ3n) is 4.84. The summed E-state index contributed by atoms with van der Waals surface area (Å²) < 4.78 is 21.5. The van der Waals surface area contributed by atoms with Crippen LogP contribution in [0.2, 0.25) is 0 Å². The van der Waals surface area contributed by atoms with E-state index in [0.29, 0.717) is 37.8 Å². The molecule has 1 fully saturated rings. The maximum Gasteiger partial charge on any atom is 0.266 e. The van der Waals surface area contributed by atoms with Gasteiger partial charge in [-0.25, -0.2) is 0 Å². The third kappa shape index (κ3) is 4.51. The van der Waals surface area contributed by atoms with Gasteiger partial charge in [-0.05, 0) is 35.9 Å². The van der Waals surface area contributed by atoms with Gasteiger partial charge in [0.15, 0.2) is 11.5 Å². The van der Waals surface area contributed by atoms with Crippen LogP contribution < -0.4 is 24.3 Å². The second-order valence-corrected chi connectivity index (χ2v) is 8.44. The lowest BCUT2D eigenvalue weighted by molar-refractivity contribution is -0.122. The second kappa shape index (κ2) is 9.49. The monoisotopic (exact) mass is 472 g/mol. The topological polar surface area (TPSA) is 86.3 Å². The molecule has 2 aromatic carbocycles. The van der Waals surface area contributed by atoms with Crippen LogP contribution in [0, 0.1) is 0 Å². The van der Waals surface area contributed by atoms with E-state index in [4.69, 9.17) is 31.2 Å².